The third-order valence-electron chi connectivity index (χ3n) is 4.12. The van der Waals surface area contributed by atoms with Gasteiger partial charge in [0.1, 0.15) is 5.88 Å². The van der Waals surface area contributed by atoms with Gasteiger partial charge in [-0.2, -0.15) is 0 Å². The van der Waals surface area contributed by atoms with Gasteiger partial charge < -0.3 is 4.90 Å². The minimum Gasteiger partial charge on any atom is -0.339 e. The molecule has 1 amide bonds. The van der Waals surface area contributed by atoms with Gasteiger partial charge in [0.25, 0.3) is 0 Å². The molecule has 4 heteroatoms. The van der Waals surface area contributed by atoms with Crippen LogP contribution in [0.25, 0.3) is 0 Å². The standard InChI is InChI=1S/C13H23ClN2O/c14-11-13(17)16-9-7-15(8-10-16)12-5-3-1-2-4-6-12/h12H,1-11H2. The average Bonchev–Trinajstić information content (AvgIpc) is 2.67. The number of hydrogen-bond donors (Lipinski definition) is 0. The number of nitrogens with zero attached hydrogens (tertiary/aromatic N) is 2. The predicted octanol–water partition coefficient (Wildman–Crippen LogP) is 2.09. The van der Waals surface area contributed by atoms with Crippen LogP contribution >= 0.6 is 11.6 Å². The van der Waals surface area contributed by atoms with Crippen molar-refractivity contribution in [2.45, 2.75) is 44.6 Å². The van der Waals surface area contributed by atoms with Crippen molar-refractivity contribution < 1.29 is 4.79 Å². The Morgan fingerprint density at radius 1 is 1.00 bits per heavy atom. The Bertz CT molecular complexity index is 244. The molecule has 0 bridgehead atoms. The second-order valence-corrected chi connectivity index (χ2v) is 5.46. The van der Waals surface area contributed by atoms with E-state index >= 15 is 0 Å². The lowest BCUT2D eigenvalue weighted by Crippen LogP contribution is -2.52. The topological polar surface area (TPSA) is 23.6 Å². The van der Waals surface area contributed by atoms with Crippen LogP contribution in [-0.2, 0) is 4.79 Å². The first-order chi connectivity index (χ1) is 8.31. The summed E-state index contributed by atoms with van der Waals surface area (Å²) in [4.78, 5) is 16.0. The predicted molar refractivity (Wildman–Crippen MR) is 70.4 cm³/mol. The van der Waals surface area contributed by atoms with E-state index in [1.807, 2.05) is 4.90 Å². The summed E-state index contributed by atoms with van der Waals surface area (Å²) < 4.78 is 0. The molecule has 0 atom stereocenters. The van der Waals surface area contributed by atoms with E-state index in [0.29, 0.717) is 0 Å². The number of amides is 1. The fourth-order valence-corrected chi connectivity index (χ4v) is 3.21. The van der Waals surface area contributed by atoms with E-state index in [-0.39, 0.29) is 11.8 Å². The molecule has 17 heavy (non-hydrogen) atoms. The highest BCUT2D eigenvalue weighted by atomic mass is 35.5. The molecule has 1 heterocycles. The largest absolute Gasteiger partial charge is 0.339 e. The highest BCUT2D eigenvalue weighted by Crippen LogP contribution is 2.22. The van der Waals surface area contributed by atoms with E-state index in [2.05, 4.69) is 4.90 Å². The molecule has 1 aliphatic carbocycles. The normalized spacial score (nSPS) is 24.6. The fourth-order valence-electron chi connectivity index (χ4n) is 3.04. The van der Waals surface area contributed by atoms with Gasteiger partial charge in [0.15, 0.2) is 0 Å². The minimum atomic E-state index is 0.0900. The number of alkyl halides is 1. The molecular formula is C13H23ClN2O. The van der Waals surface area contributed by atoms with Crippen molar-refractivity contribution in [3.63, 3.8) is 0 Å². The number of hydrogen-bond acceptors (Lipinski definition) is 2. The Morgan fingerprint density at radius 3 is 2.12 bits per heavy atom. The van der Waals surface area contributed by atoms with Crippen LogP contribution in [0, 0.1) is 0 Å². The molecule has 0 aromatic heterocycles. The number of piperazine rings is 1. The Hall–Kier alpha value is -0.280. The molecule has 1 saturated carbocycles. The molecule has 0 spiro atoms. The number of carbonyl (C=O) groups excluding carboxylic acids is 1. The molecule has 2 rings (SSSR count). The van der Waals surface area contributed by atoms with Crippen LogP contribution < -0.4 is 0 Å². The quantitative estimate of drug-likeness (QED) is 0.559. The summed E-state index contributed by atoms with van der Waals surface area (Å²) in [6.07, 6.45) is 8.27. The van der Waals surface area contributed by atoms with Crippen LogP contribution in [0.15, 0.2) is 0 Å². The summed E-state index contributed by atoms with van der Waals surface area (Å²) in [7, 11) is 0. The molecule has 2 fully saturated rings. The van der Waals surface area contributed by atoms with Crippen LogP contribution in [0.4, 0.5) is 0 Å². The van der Waals surface area contributed by atoms with Crippen molar-refractivity contribution in [2.75, 3.05) is 32.1 Å². The highest BCUT2D eigenvalue weighted by Gasteiger charge is 2.25. The van der Waals surface area contributed by atoms with Gasteiger partial charge in [-0.15, -0.1) is 11.6 Å². The van der Waals surface area contributed by atoms with Gasteiger partial charge in [-0.05, 0) is 12.8 Å². The van der Waals surface area contributed by atoms with Gasteiger partial charge >= 0.3 is 0 Å². The van der Waals surface area contributed by atoms with Gasteiger partial charge in [0.2, 0.25) is 5.91 Å². The zero-order valence-corrected chi connectivity index (χ0v) is 11.3. The summed E-state index contributed by atoms with van der Waals surface area (Å²) in [6, 6.07) is 0.769. The van der Waals surface area contributed by atoms with Crippen LogP contribution in [0.3, 0.4) is 0 Å². The lowest BCUT2D eigenvalue weighted by atomic mass is 10.1. The number of rotatable bonds is 2. The molecular weight excluding hydrogens is 236 g/mol. The van der Waals surface area contributed by atoms with Crippen molar-refractivity contribution in [1.82, 2.24) is 9.80 Å². The minimum absolute atomic E-state index is 0.0900. The van der Waals surface area contributed by atoms with Crippen LogP contribution in [0.2, 0.25) is 0 Å². The second kappa shape index (κ2) is 6.60. The molecule has 1 aliphatic heterocycles. The first-order valence-electron chi connectivity index (χ1n) is 6.89. The van der Waals surface area contributed by atoms with Crippen LogP contribution in [-0.4, -0.2) is 53.8 Å². The van der Waals surface area contributed by atoms with Gasteiger partial charge in [0.05, 0.1) is 0 Å². The summed E-state index contributed by atoms with van der Waals surface area (Å²) in [6.45, 7) is 3.80. The van der Waals surface area contributed by atoms with E-state index in [1.54, 1.807) is 0 Å². The van der Waals surface area contributed by atoms with Crippen LogP contribution in [0.1, 0.15) is 38.5 Å². The van der Waals surface area contributed by atoms with E-state index < -0.39 is 0 Å². The molecule has 1 saturated heterocycles. The van der Waals surface area contributed by atoms with Crippen molar-refractivity contribution in [3.05, 3.63) is 0 Å². The summed E-state index contributed by atoms with van der Waals surface area (Å²) >= 11 is 5.59. The van der Waals surface area contributed by atoms with Crippen molar-refractivity contribution in [3.8, 4) is 0 Å². The third kappa shape index (κ3) is 3.59. The average molecular weight is 259 g/mol. The first kappa shape index (κ1) is 13.2. The monoisotopic (exact) mass is 258 g/mol. The van der Waals surface area contributed by atoms with Gasteiger partial charge in [-0.3, -0.25) is 9.69 Å². The maximum atomic E-state index is 11.5. The maximum absolute atomic E-state index is 11.5. The van der Waals surface area contributed by atoms with E-state index in [4.69, 9.17) is 11.6 Å². The zero-order valence-electron chi connectivity index (χ0n) is 10.5. The molecule has 2 aliphatic rings. The first-order valence-corrected chi connectivity index (χ1v) is 7.42. The van der Waals surface area contributed by atoms with Gasteiger partial charge in [-0.1, -0.05) is 25.7 Å². The summed E-state index contributed by atoms with van der Waals surface area (Å²) in [5.41, 5.74) is 0. The molecule has 0 aromatic rings. The van der Waals surface area contributed by atoms with Crippen molar-refractivity contribution in [2.24, 2.45) is 0 Å². The van der Waals surface area contributed by atoms with Crippen LogP contribution in [0.5, 0.6) is 0 Å². The Kier molecular flexibility index (Phi) is 5.11. The third-order valence-corrected chi connectivity index (χ3v) is 4.35. The van der Waals surface area contributed by atoms with Gasteiger partial charge in [0, 0.05) is 32.2 Å². The van der Waals surface area contributed by atoms with E-state index in [9.17, 15) is 4.79 Å². The number of halogens is 1. The molecule has 3 nitrogen and oxygen atoms in total. The van der Waals surface area contributed by atoms with Crippen molar-refractivity contribution in [1.29, 1.82) is 0 Å². The van der Waals surface area contributed by atoms with Crippen molar-refractivity contribution >= 4 is 17.5 Å². The fraction of sp³-hybridized carbons (Fsp3) is 0.923. The molecule has 98 valence electrons. The lowest BCUT2D eigenvalue weighted by Gasteiger charge is -2.39. The smallest absolute Gasteiger partial charge is 0.237 e. The van der Waals surface area contributed by atoms with Gasteiger partial charge in [-0.25, -0.2) is 0 Å². The Labute approximate surface area is 109 Å². The lowest BCUT2D eigenvalue weighted by molar-refractivity contribution is -0.130. The highest BCUT2D eigenvalue weighted by molar-refractivity contribution is 6.27. The zero-order chi connectivity index (χ0) is 12.1. The van der Waals surface area contributed by atoms with E-state index in [0.717, 1.165) is 32.2 Å². The van der Waals surface area contributed by atoms with E-state index in [1.165, 1.54) is 38.5 Å². The SMILES string of the molecule is O=C(CCl)N1CCN(C2CCCCCC2)CC1. The second-order valence-electron chi connectivity index (χ2n) is 5.20. The Morgan fingerprint density at radius 2 is 1.59 bits per heavy atom. The molecule has 0 N–H and O–H groups in total. The maximum Gasteiger partial charge on any atom is 0.237 e. The molecule has 0 aromatic carbocycles. The summed E-state index contributed by atoms with van der Waals surface area (Å²) in [5.74, 6) is 0.218. The molecule has 0 unspecified atom stereocenters. The summed E-state index contributed by atoms with van der Waals surface area (Å²) in [5, 5.41) is 0. The molecule has 0 radical (unpaired) electrons. The number of carbonyl (C=O) groups is 1. The Balaban J connectivity index is 1.79.